The third kappa shape index (κ3) is 4.23. The lowest BCUT2D eigenvalue weighted by Crippen LogP contribution is -2.33. The molecule has 0 bridgehead atoms. The van der Waals surface area contributed by atoms with Crippen LogP contribution in [0, 0.1) is 0 Å². The second-order valence-corrected chi connectivity index (χ2v) is 8.33. The number of amides is 3. The highest BCUT2D eigenvalue weighted by atomic mass is 16.6. The molecule has 2 saturated heterocycles. The molecule has 5 rings (SSSR count). The summed E-state index contributed by atoms with van der Waals surface area (Å²) in [5.41, 5.74) is 2.26. The molecule has 1 aromatic carbocycles. The van der Waals surface area contributed by atoms with Crippen LogP contribution in [0.15, 0.2) is 48.9 Å². The Labute approximate surface area is 190 Å². The van der Waals surface area contributed by atoms with Crippen molar-refractivity contribution in [1.82, 2.24) is 24.6 Å². The molecule has 3 amide bonds. The van der Waals surface area contributed by atoms with Gasteiger partial charge in [0, 0.05) is 50.2 Å². The van der Waals surface area contributed by atoms with Gasteiger partial charge in [-0.3, -0.25) is 18.9 Å². The van der Waals surface area contributed by atoms with E-state index in [4.69, 9.17) is 4.74 Å². The van der Waals surface area contributed by atoms with Crippen molar-refractivity contribution in [3.8, 4) is 0 Å². The fourth-order valence-electron chi connectivity index (χ4n) is 4.33. The van der Waals surface area contributed by atoms with Gasteiger partial charge in [0.15, 0.2) is 0 Å². The summed E-state index contributed by atoms with van der Waals surface area (Å²) < 4.78 is 7.07. The van der Waals surface area contributed by atoms with Crippen LogP contribution < -0.4 is 10.2 Å². The molecule has 0 aliphatic carbocycles. The molecular weight excluding hydrogens is 424 g/mol. The van der Waals surface area contributed by atoms with Crippen molar-refractivity contribution in [1.29, 1.82) is 0 Å². The molecule has 33 heavy (non-hydrogen) atoms. The Morgan fingerprint density at radius 3 is 2.79 bits per heavy atom. The number of imidazole rings is 1. The first-order valence-electron chi connectivity index (χ1n) is 10.9. The normalized spacial score (nSPS) is 20.3. The Bertz CT molecular complexity index is 1170. The number of cyclic esters (lactones) is 1. The molecule has 0 radical (unpaired) electrons. The van der Waals surface area contributed by atoms with Gasteiger partial charge < -0.3 is 15.0 Å². The maximum Gasteiger partial charge on any atom is 0.414 e. The van der Waals surface area contributed by atoms with Crippen molar-refractivity contribution in [3.05, 3.63) is 60.2 Å². The van der Waals surface area contributed by atoms with Crippen LogP contribution in [0.4, 0.5) is 10.5 Å². The molecule has 3 aromatic rings. The minimum absolute atomic E-state index is 0.0929. The summed E-state index contributed by atoms with van der Waals surface area (Å²) in [6.07, 6.45) is 5.25. The number of ether oxygens (including phenoxy) is 1. The van der Waals surface area contributed by atoms with Crippen LogP contribution in [0.1, 0.15) is 35.3 Å². The summed E-state index contributed by atoms with van der Waals surface area (Å²) in [4.78, 5) is 48.1. The molecule has 170 valence electrons. The van der Waals surface area contributed by atoms with Gasteiger partial charge in [0.05, 0.1) is 13.1 Å². The molecule has 4 heterocycles. The molecule has 10 nitrogen and oxygen atoms in total. The summed E-state index contributed by atoms with van der Waals surface area (Å²) in [5.74, 6) is 0.476. The average molecular weight is 448 g/mol. The van der Waals surface area contributed by atoms with Gasteiger partial charge in [-0.15, -0.1) is 0 Å². The summed E-state index contributed by atoms with van der Waals surface area (Å²) >= 11 is 0. The predicted octanol–water partition coefficient (Wildman–Crippen LogP) is 1.82. The van der Waals surface area contributed by atoms with Gasteiger partial charge in [-0.1, -0.05) is 12.1 Å². The zero-order valence-electron chi connectivity index (χ0n) is 18.2. The number of nitrogens with one attached hydrogen (secondary N) is 1. The van der Waals surface area contributed by atoms with E-state index in [0.717, 1.165) is 17.7 Å². The number of aromatic nitrogens is 3. The number of carbonyl (C=O) groups excluding carboxylic acids is 3. The molecule has 2 aliphatic rings. The number of nitrogens with zero attached hydrogens (tertiary/aromatic N) is 5. The van der Waals surface area contributed by atoms with Crippen molar-refractivity contribution < 1.29 is 19.1 Å². The minimum atomic E-state index is -0.419. The number of rotatable bonds is 5. The van der Waals surface area contributed by atoms with E-state index in [1.54, 1.807) is 27.8 Å². The molecule has 0 saturated carbocycles. The zero-order valence-corrected chi connectivity index (χ0v) is 18.2. The average Bonchev–Trinajstić information content (AvgIpc) is 3.55. The molecule has 2 atom stereocenters. The number of carbonyl (C=O) groups is 3. The topological polar surface area (TPSA) is 109 Å². The standard InChI is InChI=1S/C23H24N6O4/c1-15(30)25-11-19-13-29(23(32)33-19)18-5-3-16(4-6-18)17-7-10-27(12-17)21(31)20-14-28-9-2-8-24-22(28)26-20/h2-6,8-9,14,17,19H,7,10-13H2,1H3,(H,25,30)/t17?,19-/m0/s1. The fraction of sp³-hybridized carbons (Fsp3) is 0.348. The Kier molecular flexibility index (Phi) is 5.41. The summed E-state index contributed by atoms with van der Waals surface area (Å²) in [5, 5.41) is 2.67. The highest BCUT2D eigenvalue weighted by Crippen LogP contribution is 2.30. The highest BCUT2D eigenvalue weighted by Gasteiger charge is 2.33. The van der Waals surface area contributed by atoms with E-state index in [0.29, 0.717) is 37.7 Å². The van der Waals surface area contributed by atoms with Gasteiger partial charge >= 0.3 is 6.09 Å². The SMILES string of the molecule is CC(=O)NC[C@H]1CN(c2ccc(C3CCN(C(=O)c4cn5cccnc5n4)C3)cc2)C(=O)O1. The van der Waals surface area contributed by atoms with E-state index in [2.05, 4.69) is 15.3 Å². The van der Waals surface area contributed by atoms with Crippen LogP contribution in [0.5, 0.6) is 0 Å². The van der Waals surface area contributed by atoms with Crippen molar-refractivity contribution in [2.45, 2.75) is 25.4 Å². The Morgan fingerprint density at radius 1 is 1.21 bits per heavy atom. The maximum atomic E-state index is 12.9. The van der Waals surface area contributed by atoms with E-state index in [-0.39, 0.29) is 23.8 Å². The van der Waals surface area contributed by atoms with Crippen molar-refractivity contribution >= 4 is 29.4 Å². The predicted molar refractivity (Wildman–Crippen MR) is 119 cm³/mol. The zero-order chi connectivity index (χ0) is 22.9. The van der Waals surface area contributed by atoms with Gasteiger partial charge in [-0.25, -0.2) is 14.8 Å². The molecule has 1 unspecified atom stereocenters. The molecule has 0 spiro atoms. The summed E-state index contributed by atoms with van der Waals surface area (Å²) in [6.45, 7) is 3.39. The quantitative estimate of drug-likeness (QED) is 0.638. The van der Waals surface area contributed by atoms with Gasteiger partial charge in [-0.2, -0.15) is 0 Å². The smallest absolute Gasteiger partial charge is 0.414 e. The lowest BCUT2D eigenvalue weighted by molar-refractivity contribution is -0.119. The van der Waals surface area contributed by atoms with Gasteiger partial charge in [0.25, 0.3) is 5.91 Å². The van der Waals surface area contributed by atoms with E-state index in [9.17, 15) is 14.4 Å². The highest BCUT2D eigenvalue weighted by molar-refractivity contribution is 5.93. The number of fused-ring (bicyclic) bond motifs is 1. The number of likely N-dealkylation sites (tertiary alicyclic amines) is 1. The number of anilines is 1. The van der Waals surface area contributed by atoms with E-state index in [1.807, 2.05) is 35.4 Å². The van der Waals surface area contributed by atoms with Crippen molar-refractivity contribution in [3.63, 3.8) is 0 Å². The second kappa shape index (κ2) is 8.53. The second-order valence-electron chi connectivity index (χ2n) is 8.33. The lowest BCUT2D eigenvalue weighted by atomic mass is 9.98. The van der Waals surface area contributed by atoms with Crippen molar-refractivity contribution in [2.24, 2.45) is 0 Å². The van der Waals surface area contributed by atoms with Crippen LogP contribution in [-0.2, 0) is 9.53 Å². The molecule has 2 fully saturated rings. The summed E-state index contributed by atoms with van der Waals surface area (Å²) in [6, 6.07) is 9.59. The fourth-order valence-corrected chi connectivity index (χ4v) is 4.33. The maximum absolute atomic E-state index is 12.9. The van der Waals surface area contributed by atoms with Crippen LogP contribution in [0.25, 0.3) is 5.78 Å². The van der Waals surface area contributed by atoms with Crippen LogP contribution in [0.3, 0.4) is 0 Å². The van der Waals surface area contributed by atoms with Crippen molar-refractivity contribution in [2.75, 3.05) is 31.1 Å². The molecular formula is C23H24N6O4. The number of hydrogen-bond acceptors (Lipinski definition) is 6. The largest absolute Gasteiger partial charge is 0.442 e. The first kappa shape index (κ1) is 20.9. The monoisotopic (exact) mass is 448 g/mol. The van der Waals surface area contributed by atoms with Crippen LogP contribution >= 0.6 is 0 Å². The van der Waals surface area contributed by atoms with E-state index < -0.39 is 6.09 Å². The number of benzene rings is 1. The molecule has 10 heteroatoms. The Hall–Kier alpha value is -3.95. The third-order valence-corrected chi connectivity index (χ3v) is 6.06. The Morgan fingerprint density at radius 2 is 2.03 bits per heavy atom. The third-order valence-electron chi connectivity index (χ3n) is 6.06. The molecule has 2 aliphatic heterocycles. The minimum Gasteiger partial charge on any atom is -0.442 e. The molecule has 1 N–H and O–H groups in total. The van der Waals surface area contributed by atoms with Crippen LogP contribution in [-0.4, -0.2) is 69.5 Å². The van der Waals surface area contributed by atoms with Gasteiger partial charge in [-0.05, 0) is 30.2 Å². The Balaban J connectivity index is 1.22. The van der Waals surface area contributed by atoms with Crippen LogP contribution in [0.2, 0.25) is 0 Å². The lowest BCUT2D eigenvalue weighted by Gasteiger charge is -2.17. The first-order valence-corrected chi connectivity index (χ1v) is 10.9. The first-order chi connectivity index (χ1) is 16.0. The summed E-state index contributed by atoms with van der Waals surface area (Å²) in [7, 11) is 0. The molecule has 2 aromatic heterocycles. The van der Waals surface area contributed by atoms with Gasteiger partial charge in [0.2, 0.25) is 11.7 Å². The van der Waals surface area contributed by atoms with Gasteiger partial charge in [0.1, 0.15) is 11.8 Å². The number of hydrogen-bond donors (Lipinski definition) is 1. The van der Waals surface area contributed by atoms with E-state index in [1.165, 1.54) is 6.92 Å². The van der Waals surface area contributed by atoms with E-state index >= 15 is 0 Å².